The summed E-state index contributed by atoms with van der Waals surface area (Å²) in [5.41, 5.74) is 7.01. The second-order valence-corrected chi connectivity index (χ2v) is 6.78. The molecule has 3 rings (SSSR count). The van der Waals surface area contributed by atoms with Gasteiger partial charge in [-0.25, -0.2) is 5.43 Å². The van der Waals surface area contributed by atoms with Crippen molar-refractivity contribution in [1.29, 1.82) is 0 Å². The van der Waals surface area contributed by atoms with Crippen LogP contribution in [-0.4, -0.2) is 11.6 Å². The summed E-state index contributed by atoms with van der Waals surface area (Å²) in [6.45, 7) is 8.14. The average molecular weight is 332 g/mol. The van der Waals surface area contributed by atoms with Crippen molar-refractivity contribution in [3.8, 4) is 0 Å². The zero-order chi connectivity index (χ0) is 17.8. The van der Waals surface area contributed by atoms with Gasteiger partial charge in [-0.3, -0.25) is 4.79 Å². The number of carbonyl (C=O) groups excluding carboxylic acids is 1. The Bertz CT molecular complexity index is 871. The summed E-state index contributed by atoms with van der Waals surface area (Å²) in [5.74, 6) is 0.325. The van der Waals surface area contributed by atoms with Crippen molar-refractivity contribution in [3.63, 3.8) is 0 Å². The number of fused-ring (bicyclic) bond motifs is 1. The highest BCUT2D eigenvalue weighted by Gasteiger charge is 2.18. The standard InChI is InChI=1S/C22H24N2O/c1-15(2)18-12-11-16(3)21(13-18)23-24-22(25)14-19-9-6-8-17-7-4-5-10-20(17)19/h4-11,18H,1,12-14H2,2-3H3,(H,24,25)/b23-21+/t18-/m1/s1. The number of nitrogens with one attached hydrogen (secondary N) is 1. The quantitative estimate of drug-likeness (QED) is 0.635. The van der Waals surface area contributed by atoms with E-state index in [0.29, 0.717) is 12.3 Å². The van der Waals surface area contributed by atoms with Crippen molar-refractivity contribution in [2.24, 2.45) is 11.0 Å². The van der Waals surface area contributed by atoms with Gasteiger partial charge in [-0.2, -0.15) is 5.10 Å². The minimum absolute atomic E-state index is 0.0888. The van der Waals surface area contributed by atoms with E-state index in [1.807, 2.05) is 31.2 Å². The molecule has 128 valence electrons. The van der Waals surface area contributed by atoms with Gasteiger partial charge in [0.1, 0.15) is 0 Å². The molecular formula is C22H24N2O. The largest absolute Gasteiger partial charge is 0.273 e. The van der Waals surface area contributed by atoms with Gasteiger partial charge in [-0.1, -0.05) is 60.7 Å². The van der Waals surface area contributed by atoms with Gasteiger partial charge >= 0.3 is 0 Å². The summed E-state index contributed by atoms with van der Waals surface area (Å²) in [6, 6.07) is 14.2. The topological polar surface area (TPSA) is 41.5 Å². The van der Waals surface area contributed by atoms with E-state index in [4.69, 9.17) is 0 Å². The molecular weight excluding hydrogens is 308 g/mol. The Labute approximate surface area is 149 Å². The van der Waals surface area contributed by atoms with Crippen molar-refractivity contribution < 1.29 is 4.79 Å². The van der Waals surface area contributed by atoms with Crippen LogP contribution in [0, 0.1) is 5.92 Å². The maximum absolute atomic E-state index is 12.4. The van der Waals surface area contributed by atoms with Crippen LogP contribution in [0.4, 0.5) is 0 Å². The summed E-state index contributed by atoms with van der Waals surface area (Å²) in [6.07, 6.45) is 4.35. The monoisotopic (exact) mass is 332 g/mol. The van der Waals surface area contributed by atoms with Crippen LogP contribution in [0.5, 0.6) is 0 Å². The lowest BCUT2D eigenvalue weighted by atomic mass is 9.85. The molecule has 0 bridgehead atoms. The highest BCUT2D eigenvalue weighted by Crippen LogP contribution is 2.26. The van der Waals surface area contributed by atoms with E-state index >= 15 is 0 Å². The van der Waals surface area contributed by atoms with Gasteiger partial charge in [0.25, 0.3) is 0 Å². The van der Waals surface area contributed by atoms with E-state index in [2.05, 4.69) is 48.3 Å². The fourth-order valence-corrected chi connectivity index (χ4v) is 3.21. The smallest absolute Gasteiger partial charge is 0.244 e. The molecule has 1 amide bonds. The first-order chi connectivity index (χ1) is 12.0. The Morgan fingerprint density at radius 3 is 2.80 bits per heavy atom. The second-order valence-electron chi connectivity index (χ2n) is 6.78. The zero-order valence-corrected chi connectivity index (χ0v) is 14.9. The summed E-state index contributed by atoms with van der Waals surface area (Å²) in [5, 5.41) is 6.64. The number of hydrogen-bond donors (Lipinski definition) is 1. The van der Waals surface area contributed by atoms with Crippen LogP contribution < -0.4 is 5.43 Å². The molecule has 0 saturated carbocycles. The number of hydrogen-bond acceptors (Lipinski definition) is 2. The molecule has 2 aromatic rings. The van der Waals surface area contributed by atoms with E-state index in [1.54, 1.807) is 0 Å². The number of hydrazone groups is 1. The van der Waals surface area contributed by atoms with E-state index in [-0.39, 0.29) is 5.91 Å². The van der Waals surface area contributed by atoms with Gasteiger partial charge in [0.05, 0.1) is 12.1 Å². The Balaban J connectivity index is 1.71. The van der Waals surface area contributed by atoms with Gasteiger partial charge in [-0.05, 0) is 54.5 Å². The molecule has 0 saturated heterocycles. The van der Waals surface area contributed by atoms with Crippen LogP contribution in [0.1, 0.15) is 32.3 Å². The van der Waals surface area contributed by atoms with E-state index in [0.717, 1.165) is 40.5 Å². The first kappa shape index (κ1) is 17.2. The lowest BCUT2D eigenvalue weighted by Gasteiger charge is -2.22. The SMILES string of the molecule is C=C(C)[C@@H]1CC=C(C)/C(=N/NC(=O)Cc2cccc3ccccc23)C1. The minimum atomic E-state index is -0.0888. The summed E-state index contributed by atoms with van der Waals surface area (Å²) in [4.78, 5) is 12.4. The molecule has 0 unspecified atom stereocenters. The van der Waals surface area contributed by atoms with Gasteiger partial charge in [0.15, 0.2) is 0 Å². The highest BCUT2D eigenvalue weighted by atomic mass is 16.2. The number of amides is 1. The molecule has 25 heavy (non-hydrogen) atoms. The fraction of sp³-hybridized carbons (Fsp3) is 0.273. The Kier molecular flexibility index (Phi) is 5.13. The number of benzene rings is 2. The molecule has 3 nitrogen and oxygen atoms in total. The molecule has 2 aromatic carbocycles. The van der Waals surface area contributed by atoms with Crippen LogP contribution >= 0.6 is 0 Å². The third-order valence-electron chi connectivity index (χ3n) is 4.85. The molecule has 3 heteroatoms. The van der Waals surface area contributed by atoms with Crippen molar-refractivity contribution >= 4 is 22.4 Å². The van der Waals surface area contributed by atoms with E-state index in [1.165, 1.54) is 5.57 Å². The van der Waals surface area contributed by atoms with Crippen molar-refractivity contribution in [2.45, 2.75) is 33.1 Å². The summed E-state index contributed by atoms with van der Waals surface area (Å²) in [7, 11) is 0. The molecule has 0 radical (unpaired) electrons. The second kappa shape index (κ2) is 7.47. The third-order valence-corrected chi connectivity index (χ3v) is 4.85. The molecule has 0 spiro atoms. The predicted molar refractivity (Wildman–Crippen MR) is 105 cm³/mol. The number of allylic oxidation sites excluding steroid dienone is 3. The number of nitrogens with zero attached hydrogens (tertiary/aromatic N) is 1. The molecule has 1 N–H and O–H groups in total. The predicted octanol–water partition coefficient (Wildman–Crippen LogP) is 4.79. The molecule has 1 atom stereocenters. The van der Waals surface area contributed by atoms with E-state index in [9.17, 15) is 4.79 Å². The lowest BCUT2D eigenvalue weighted by molar-refractivity contribution is -0.120. The normalized spacial score (nSPS) is 18.9. The average Bonchev–Trinajstić information content (AvgIpc) is 2.61. The molecule has 0 fully saturated rings. The third kappa shape index (κ3) is 4.05. The van der Waals surface area contributed by atoms with Crippen LogP contribution in [0.2, 0.25) is 0 Å². The zero-order valence-electron chi connectivity index (χ0n) is 14.9. The van der Waals surface area contributed by atoms with Crippen molar-refractivity contribution in [3.05, 3.63) is 71.8 Å². The maximum atomic E-state index is 12.4. The van der Waals surface area contributed by atoms with Gasteiger partial charge in [0, 0.05) is 0 Å². The van der Waals surface area contributed by atoms with Crippen molar-refractivity contribution in [1.82, 2.24) is 5.43 Å². The number of carbonyl (C=O) groups is 1. The van der Waals surface area contributed by atoms with Crippen LogP contribution in [0.25, 0.3) is 10.8 Å². The summed E-state index contributed by atoms with van der Waals surface area (Å²) >= 11 is 0. The van der Waals surface area contributed by atoms with Gasteiger partial charge in [-0.15, -0.1) is 0 Å². The van der Waals surface area contributed by atoms with Gasteiger partial charge < -0.3 is 0 Å². The highest BCUT2D eigenvalue weighted by molar-refractivity contribution is 6.01. The minimum Gasteiger partial charge on any atom is -0.273 e. The fourth-order valence-electron chi connectivity index (χ4n) is 3.21. The Morgan fingerprint density at radius 1 is 1.24 bits per heavy atom. The van der Waals surface area contributed by atoms with Gasteiger partial charge in [0.2, 0.25) is 5.91 Å². The van der Waals surface area contributed by atoms with Crippen LogP contribution in [-0.2, 0) is 11.2 Å². The molecule has 0 aliphatic heterocycles. The van der Waals surface area contributed by atoms with Crippen LogP contribution in [0.3, 0.4) is 0 Å². The van der Waals surface area contributed by atoms with Crippen molar-refractivity contribution in [2.75, 3.05) is 0 Å². The molecule has 0 heterocycles. The Hall–Kier alpha value is -2.68. The lowest BCUT2D eigenvalue weighted by Crippen LogP contribution is -2.24. The Morgan fingerprint density at radius 2 is 2.00 bits per heavy atom. The number of rotatable bonds is 4. The molecule has 1 aliphatic carbocycles. The first-order valence-corrected chi connectivity index (χ1v) is 8.69. The summed E-state index contributed by atoms with van der Waals surface area (Å²) < 4.78 is 0. The van der Waals surface area contributed by atoms with Crippen LogP contribution in [0.15, 0.2) is 71.4 Å². The molecule has 0 aromatic heterocycles. The first-order valence-electron chi connectivity index (χ1n) is 8.69. The maximum Gasteiger partial charge on any atom is 0.244 e. The molecule has 1 aliphatic rings. The van der Waals surface area contributed by atoms with E-state index < -0.39 is 0 Å².